The van der Waals surface area contributed by atoms with E-state index >= 15 is 0 Å². The van der Waals surface area contributed by atoms with Gasteiger partial charge in [-0.25, -0.2) is 7.98 Å². The van der Waals surface area contributed by atoms with Crippen molar-refractivity contribution >= 4 is 19.4 Å². The number of benzene rings is 2. The zero-order valence-corrected chi connectivity index (χ0v) is 9.08. The molecule has 0 N–H and O–H groups in total. The summed E-state index contributed by atoms with van der Waals surface area (Å²) in [6.07, 6.45) is 1.73. The summed E-state index contributed by atoms with van der Waals surface area (Å²) in [5, 5.41) is 0. The Morgan fingerprint density at radius 2 is 1.19 bits per heavy atom. The summed E-state index contributed by atoms with van der Waals surface area (Å²) in [5.74, 6) is 0. The van der Waals surface area contributed by atoms with Crippen LogP contribution in [0.4, 0.5) is 11.4 Å². The van der Waals surface area contributed by atoms with Crippen LogP contribution in [0.15, 0.2) is 73.4 Å². The Morgan fingerprint density at radius 1 is 0.812 bits per heavy atom. The van der Waals surface area contributed by atoms with Crippen molar-refractivity contribution in [3.05, 3.63) is 73.4 Å². The van der Waals surface area contributed by atoms with Gasteiger partial charge in [-0.1, -0.05) is 36.4 Å². The van der Waals surface area contributed by atoms with E-state index in [0.717, 1.165) is 11.4 Å². The molecule has 2 heteroatoms. The Morgan fingerprint density at radius 3 is 1.50 bits per heavy atom. The minimum absolute atomic E-state index is 0.113. The van der Waals surface area contributed by atoms with E-state index in [9.17, 15) is 0 Å². The van der Waals surface area contributed by atoms with Crippen molar-refractivity contribution in [2.45, 2.75) is 0 Å². The fourth-order valence-electron chi connectivity index (χ4n) is 1.71. The van der Waals surface area contributed by atoms with Crippen LogP contribution in [-0.4, -0.2) is 7.98 Å². The van der Waals surface area contributed by atoms with Crippen LogP contribution in [0.3, 0.4) is 0 Å². The van der Waals surface area contributed by atoms with Crippen molar-refractivity contribution in [1.82, 2.24) is 4.39 Å². The predicted octanol–water partition coefficient (Wildman–Crippen LogP) is 3.55. The molecule has 16 heavy (non-hydrogen) atoms. The lowest BCUT2D eigenvalue weighted by molar-refractivity contribution is 0.793. The second-order valence-corrected chi connectivity index (χ2v) is 3.63. The predicted molar refractivity (Wildman–Crippen MR) is 70.3 cm³/mol. The Hall–Kier alpha value is -1.80. The highest BCUT2D eigenvalue weighted by Crippen LogP contribution is 2.31. The van der Waals surface area contributed by atoms with Gasteiger partial charge in [0.25, 0.3) is 0 Å². The molecule has 0 spiro atoms. The highest BCUT2D eigenvalue weighted by molar-refractivity contribution is 6.18. The van der Waals surface area contributed by atoms with Crippen LogP contribution in [0.25, 0.3) is 0 Å². The van der Waals surface area contributed by atoms with E-state index in [1.165, 1.54) is 0 Å². The molecule has 0 aliphatic heterocycles. The van der Waals surface area contributed by atoms with Crippen molar-refractivity contribution in [3.8, 4) is 0 Å². The third-order valence-corrected chi connectivity index (χ3v) is 2.65. The first-order valence-electron chi connectivity index (χ1n) is 5.19. The van der Waals surface area contributed by atoms with Crippen molar-refractivity contribution in [2.24, 2.45) is 0 Å². The molecule has 0 heterocycles. The lowest BCUT2D eigenvalue weighted by atomic mass is 10.1. The lowest BCUT2D eigenvalue weighted by Crippen LogP contribution is -2.34. The van der Waals surface area contributed by atoms with Gasteiger partial charge in [0.05, 0.1) is 11.4 Å². The zero-order chi connectivity index (χ0) is 11.4. The van der Waals surface area contributed by atoms with Crippen molar-refractivity contribution < 1.29 is 0 Å². The van der Waals surface area contributed by atoms with Gasteiger partial charge in [-0.05, 0) is 30.8 Å². The summed E-state index contributed by atoms with van der Waals surface area (Å²) in [4.78, 5) is 0. The van der Waals surface area contributed by atoms with Gasteiger partial charge in [0, 0.05) is 6.20 Å². The third kappa shape index (κ3) is 1.80. The van der Waals surface area contributed by atoms with Crippen molar-refractivity contribution in [3.63, 3.8) is 0 Å². The summed E-state index contributed by atoms with van der Waals surface area (Å²) in [6, 6.07) is 19.8. The van der Waals surface area contributed by atoms with Gasteiger partial charge < -0.3 is 4.39 Å². The monoisotopic (exact) mass is 206 g/mol. The van der Waals surface area contributed by atoms with E-state index in [-0.39, 0.29) is 4.39 Å². The molecular formula is C14H13BN. The summed E-state index contributed by atoms with van der Waals surface area (Å²) in [6.45, 7) is 3.83. The molecule has 77 valence electrons. The maximum absolute atomic E-state index is 6.36. The molecular weight excluding hydrogens is 193 g/mol. The topological polar surface area (TPSA) is 0 Å². The fourth-order valence-corrected chi connectivity index (χ4v) is 1.71. The van der Waals surface area contributed by atoms with Gasteiger partial charge in [-0.15, -0.1) is 0 Å². The molecule has 0 saturated carbocycles. The average Bonchev–Trinajstić information content (AvgIpc) is 2.40. The normalized spacial score (nSPS) is 11.1. The molecule has 0 saturated heterocycles. The molecule has 0 atom stereocenters. The highest BCUT2D eigenvalue weighted by atomic mass is 15.3. The van der Waals surface area contributed by atoms with Crippen LogP contribution in [0.5, 0.6) is 0 Å². The van der Waals surface area contributed by atoms with Crippen LogP contribution in [0.1, 0.15) is 0 Å². The quantitative estimate of drug-likeness (QED) is 0.673. The van der Waals surface area contributed by atoms with Crippen molar-refractivity contribution in [2.75, 3.05) is 0 Å². The van der Waals surface area contributed by atoms with Gasteiger partial charge in [0.1, 0.15) is 0 Å². The van der Waals surface area contributed by atoms with Gasteiger partial charge in [-0.3, -0.25) is 0 Å². The van der Waals surface area contributed by atoms with Gasteiger partial charge in [0.15, 0.2) is 0 Å². The minimum Gasteiger partial charge on any atom is -0.498 e. The Bertz CT molecular complexity index is 425. The average molecular weight is 206 g/mol. The molecule has 0 aliphatic carbocycles. The number of nitrogens with zero attached hydrogens (tertiary/aromatic N) is 1. The van der Waals surface area contributed by atoms with E-state index in [2.05, 4.69) is 6.58 Å². The SMILES string of the molecule is [B-][N+](C=C)(c1ccccc1)c1ccccc1. The number of para-hydroxylation sites is 2. The van der Waals surface area contributed by atoms with Gasteiger partial charge in [0.2, 0.25) is 0 Å². The van der Waals surface area contributed by atoms with Crippen LogP contribution < -0.4 is 4.39 Å². The van der Waals surface area contributed by atoms with Gasteiger partial charge in [-0.2, -0.15) is 0 Å². The summed E-state index contributed by atoms with van der Waals surface area (Å²) >= 11 is 0. The zero-order valence-electron chi connectivity index (χ0n) is 9.08. The minimum atomic E-state index is 0.113. The first-order chi connectivity index (χ1) is 7.77. The Labute approximate surface area is 97.7 Å². The number of hydrogen-bond acceptors (Lipinski definition) is 0. The maximum Gasteiger partial charge on any atom is 0.0905 e. The highest BCUT2D eigenvalue weighted by Gasteiger charge is 2.12. The smallest absolute Gasteiger partial charge is 0.0905 e. The van der Waals surface area contributed by atoms with Crippen LogP contribution in [0.2, 0.25) is 0 Å². The molecule has 2 aromatic rings. The molecule has 0 fully saturated rings. The summed E-state index contributed by atoms with van der Waals surface area (Å²) < 4.78 is 0.113. The number of rotatable bonds is 3. The standard InChI is InChI=1S/C14H13BN/c1-2-16(15,13-9-5-3-6-10-13)14-11-7-4-8-12-14/h2-12H,1H2. The first kappa shape index (κ1) is 10.7. The van der Waals surface area contributed by atoms with Gasteiger partial charge >= 0.3 is 0 Å². The lowest BCUT2D eigenvalue weighted by Gasteiger charge is -2.44. The molecule has 0 aromatic heterocycles. The molecule has 0 amide bonds. The van der Waals surface area contributed by atoms with E-state index in [4.69, 9.17) is 7.98 Å². The molecule has 1 nitrogen and oxygen atoms in total. The van der Waals surface area contributed by atoms with E-state index < -0.39 is 0 Å². The molecule has 0 aliphatic rings. The fraction of sp³-hybridized carbons (Fsp3) is 0. The van der Waals surface area contributed by atoms with E-state index in [0.29, 0.717) is 0 Å². The second kappa shape index (κ2) is 4.37. The number of hydrogen-bond donors (Lipinski definition) is 0. The Balaban J connectivity index is 2.53. The third-order valence-electron chi connectivity index (χ3n) is 2.65. The largest absolute Gasteiger partial charge is 0.498 e. The molecule has 2 aromatic carbocycles. The maximum atomic E-state index is 6.36. The van der Waals surface area contributed by atoms with Crippen LogP contribution in [0, 0.1) is 0 Å². The molecule has 0 unspecified atom stereocenters. The van der Waals surface area contributed by atoms with E-state index in [1.807, 2.05) is 60.7 Å². The number of quaternary nitrogens is 1. The van der Waals surface area contributed by atoms with Crippen LogP contribution >= 0.6 is 0 Å². The summed E-state index contributed by atoms with van der Waals surface area (Å²) in [7, 11) is 6.36. The molecule has 0 bridgehead atoms. The van der Waals surface area contributed by atoms with Crippen molar-refractivity contribution in [1.29, 1.82) is 0 Å². The molecule has 2 rings (SSSR count). The summed E-state index contributed by atoms with van der Waals surface area (Å²) in [5.41, 5.74) is 1.98. The first-order valence-corrected chi connectivity index (χ1v) is 5.19. The Kier molecular flexibility index (Phi) is 2.93. The second-order valence-electron chi connectivity index (χ2n) is 3.63. The molecule has 3 radical (unpaired) electrons. The van der Waals surface area contributed by atoms with Crippen LogP contribution in [-0.2, 0) is 0 Å². The van der Waals surface area contributed by atoms with E-state index in [1.54, 1.807) is 6.20 Å².